The highest BCUT2D eigenvalue weighted by Gasteiger charge is 2.54. The predicted molar refractivity (Wildman–Crippen MR) is 171 cm³/mol. The highest BCUT2D eigenvalue weighted by molar-refractivity contribution is 8.00. The molecule has 6 nitrogen and oxygen atoms in total. The molecule has 210 valence electrons. The van der Waals surface area contributed by atoms with Crippen LogP contribution in [0.15, 0.2) is 133 Å². The van der Waals surface area contributed by atoms with E-state index in [1.807, 2.05) is 84.9 Å². The van der Waals surface area contributed by atoms with Crippen molar-refractivity contribution in [1.82, 2.24) is 10.2 Å². The van der Waals surface area contributed by atoms with E-state index in [1.165, 1.54) is 16.7 Å². The quantitative estimate of drug-likeness (QED) is 0.241. The molecule has 2 N–H and O–H groups in total. The number of amides is 2. The first-order chi connectivity index (χ1) is 20.5. The molecule has 2 atom stereocenters. The molecule has 4 aromatic carbocycles. The van der Waals surface area contributed by atoms with E-state index in [2.05, 4.69) is 47.5 Å². The minimum Gasteiger partial charge on any atom is -0.477 e. The normalized spacial score (nSPS) is 18.1. The lowest BCUT2D eigenvalue weighted by Gasteiger charge is -2.49. The second-order valence-electron chi connectivity index (χ2n) is 10.2. The Kier molecular flexibility index (Phi) is 7.88. The molecule has 0 saturated carbocycles. The number of hydrogen-bond donors (Lipinski definition) is 2. The first kappa shape index (κ1) is 27.8. The molecular formula is C34H29N2O4PS. The van der Waals surface area contributed by atoms with Gasteiger partial charge in [0.05, 0.1) is 6.42 Å². The lowest BCUT2D eigenvalue weighted by atomic mass is 10.0. The standard InChI is InChI=1S/C34H29N2O4PS/c37-29(21-24-13-5-1-6-14-24)35-30-32(38)36-31(34(39)40)25(23-42-33(30)36)22-41(26-15-7-2-8-16-26,27-17-9-3-10-18-27)28-19-11-4-12-20-28/h1-20,22,30,33H,21,23H2,(H,35,37)(H,39,40)/t30?,33-/m1/s1. The maximum atomic E-state index is 13.4. The smallest absolute Gasteiger partial charge is 0.352 e. The maximum Gasteiger partial charge on any atom is 0.352 e. The zero-order chi connectivity index (χ0) is 29.1. The van der Waals surface area contributed by atoms with Gasteiger partial charge in [-0.05, 0) is 39.7 Å². The molecule has 0 bridgehead atoms. The Morgan fingerprint density at radius 2 is 1.29 bits per heavy atom. The van der Waals surface area contributed by atoms with Gasteiger partial charge in [0.15, 0.2) is 0 Å². The van der Waals surface area contributed by atoms with Crippen LogP contribution in [-0.4, -0.2) is 50.8 Å². The Morgan fingerprint density at radius 3 is 1.76 bits per heavy atom. The largest absolute Gasteiger partial charge is 0.477 e. The summed E-state index contributed by atoms with van der Waals surface area (Å²) >= 11 is 1.48. The van der Waals surface area contributed by atoms with Crippen molar-refractivity contribution in [3.8, 4) is 0 Å². The van der Waals surface area contributed by atoms with E-state index in [4.69, 9.17) is 0 Å². The van der Waals surface area contributed by atoms with Crippen molar-refractivity contribution in [2.45, 2.75) is 17.8 Å². The van der Waals surface area contributed by atoms with Crippen molar-refractivity contribution >= 4 is 58.1 Å². The third-order valence-electron chi connectivity index (χ3n) is 7.56. The third-order valence-corrected chi connectivity index (χ3v) is 12.9. The fourth-order valence-corrected chi connectivity index (χ4v) is 11.0. The Hall–Kier alpha value is -4.32. The molecule has 6 rings (SSSR count). The summed E-state index contributed by atoms with van der Waals surface area (Å²) in [4.78, 5) is 40.3. The van der Waals surface area contributed by atoms with Crippen molar-refractivity contribution in [3.63, 3.8) is 0 Å². The molecule has 2 aliphatic rings. The fourth-order valence-electron chi connectivity index (χ4n) is 5.64. The average Bonchev–Trinajstić information content (AvgIpc) is 3.03. The van der Waals surface area contributed by atoms with Crippen LogP contribution >= 0.6 is 18.6 Å². The van der Waals surface area contributed by atoms with E-state index < -0.39 is 30.2 Å². The summed E-state index contributed by atoms with van der Waals surface area (Å²) in [5.41, 5.74) is 1.45. The number of nitrogens with zero attached hydrogens (tertiary/aromatic N) is 1. The van der Waals surface area contributed by atoms with Gasteiger partial charge < -0.3 is 10.4 Å². The van der Waals surface area contributed by atoms with Crippen molar-refractivity contribution in [1.29, 1.82) is 0 Å². The number of carbonyl (C=O) groups is 3. The van der Waals surface area contributed by atoms with Gasteiger partial charge in [-0.25, -0.2) is 4.79 Å². The van der Waals surface area contributed by atoms with Crippen molar-refractivity contribution < 1.29 is 19.5 Å². The highest BCUT2D eigenvalue weighted by Crippen LogP contribution is 2.47. The molecule has 42 heavy (non-hydrogen) atoms. The summed E-state index contributed by atoms with van der Waals surface area (Å²) < 4.78 is 0. The average molecular weight is 593 g/mol. The first-order valence-electron chi connectivity index (χ1n) is 13.6. The maximum absolute atomic E-state index is 13.4. The van der Waals surface area contributed by atoms with E-state index in [-0.39, 0.29) is 18.0 Å². The molecule has 1 saturated heterocycles. The van der Waals surface area contributed by atoms with Crippen LogP contribution in [0, 0.1) is 0 Å². The van der Waals surface area contributed by atoms with E-state index in [0.717, 1.165) is 21.5 Å². The fraction of sp³-hybridized carbons (Fsp3) is 0.118. The number of carboxylic acids is 1. The number of hydrogen-bond acceptors (Lipinski definition) is 4. The van der Waals surface area contributed by atoms with Gasteiger partial charge in [-0.1, -0.05) is 121 Å². The van der Waals surface area contributed by atoms with E-state index >= 15 is 0 Å². The molecular weight excluding hydrogens is 563 g/mol. The Morgan fingerprint density at radius 1 is 0.810 bits per heavy atom. The van der Waals surface area contributed by atoms with Crippen LogP contribution in [0.5, 0.6) is 0 Å². The van der Waals surface area contributed by atoms with Crippen molar-refractivity contribution in [2.75, 3.05) is 5.75 Å². The van der Waals surface area contributed by atoms with Crippen LogP contribution in [0.3, 0.4) is 0 Å². The first-order valence-corrected chi connectivity index (χ1v) is 16.6. The van der Waals surface area contributed by atoms with Crippen LogP contribution in [0.1, 0.15) is 5.56 Å². The number of nitrogens with one attached hydrogen (secondary N) is 1. The van der Waals surface area contributed by atoms with Gasteiger partial charge in [0.2, 0.25) is 5.91 Å². The number of rotatable bonds is 8. The molecule has 2 aliphatic heterocycles. The number of β-lactam (4-membered cyclic amide) rings is 1. The van der Waals surface area contributed by atoms with Gasteiger partial charge in [-0.3, -0.25) is 14.5 Å². The molecule has 0 radical (unpaired) electrons. The molecule has 0 aromatic heterocycles. The summed E-state index contributed by atoms with van der Waals surface area (Å²) in [5.74, 6) is 0.699. The minimum absolute atomic E-state index is 0.00974. The number of benzene rings is 4. The second kappa shape index (κ2) is 11.9. The van der Waals surface area contributed by atoms with E-state index in [0.29, 0.717) is 11.3 Å². The SMILES string of the molecule is O=C(Cc1ccccc1)NC1C(=O)N2C(C(=O)O)=C(C=P(c3ccccc3)(c3ccccc3)c3ccccc3)CS[C@H]12. The van der Waals surface area contributed by atoms with Gasteiger partial charge in [0.1, 0.15) is 17.1 Å². The Balaban J connectivity index is 1.44. The molecule has 2 heterocycles. The van der Waals surface area contributed by atoms with Crippen LogP contribution in [0.25, 0.3) is 0 Å². The number of carboxylic acid groups (broad SMARTS) is 1. The van der Waals surface area contributed by atoms with Gasteiger partial charge >= 0.3 is 5.97 Å². The van der Waals surface area contributed by atoms with E-state index in [1.54, 1.807) is 0 Å². The van der Waals surface area contributed by atoms with Gasteiger partial charge in [-0.2, -0.15) is 0 Å². The number of aliphatic carboxylic acids is 1. The Bertz CT molecular complexity index is 1610. The summed E-state index contributed by atoms with van der Waals surface area (Å²) in [7, 11) is 0. The monoisotopic (exact) mass is 592 g/mol. The second-order valence-corrected chi connectivity index (χ2v) is 14.5. The summed E-state index contributed by atoms with van der Waals surface area (Å²) in [5, 5.41) is 16.1. The van der Waals surface area contributed by atoms with Gasteiger partial charge in [0, 0.05) is 5.75 Å². The number of fused-ring (bicyclic) bond motifs is 1. The molecule has 2 amide bonds. The third kappa shape index (κ3) is 5.11. The van der Waals surface area contributed by atoms with Crippen LogP contribution in [0.2, 0.25) is 0 Å². The zero-order valence-electron chi connectivity index (χ0n) is 22.7. The molecule has 8 heteroatoms. The lowest BCUT2D eigenvalue weighted by Crippen LogP contribution is -2.70. The molecule has 0 spiro atoms. The molecule has 0 aliphatic carbocycles. The van der Waals surface area contributed by atoms with Crippen molar-refractivity contribution in [3.05, 3.63) is 138 Å². The topological polar surface area (TPSA) is 86.7 Å². The molecule has 1 unspecified atom stereocenters. The Labute approximate surface area is 249 Å². The molecule has 4 aromatic rings. The number of thioether (sulfide) groups is 1. The van der Waals surface area contributed by atoms with Gasteiger partial charge in [-0.15, -0.1) is 11.8 Å². The van der Waals surface area contributed by atoms with Crippen molar-refractivity contribution in [2.24, 2.45) is 0 Å². The van der Waals surface area contributed by atoms with Crippen LogP contribution < -0.4 is 21.2 Å². The summed E-state index contributed by atoms with van der Waals surface area (Å²) in [6.45, 7) is -2.48. The van der Waals surface area contributed by atoms with Crippen LogP contribution in [0.4, 0.5) is 0 Å². The summed E-state index contributed by atoms with van der Waals surface area (Å²) in [6.07, 6.45) is 0.154. The summed E-state index contributed by atoms with van der Waals surface area (Å²) in [6, 6.07) is 39.1. The minimum atomic E-state index is -2.48. The molecule has 1 fully saturated rings. The van der Waals surface area contributed by atoms with E-state index in [9.17, 15) is 19.5 Å². The number of carbonyl (C=O) groups excluding carboxylic acids is 2. The van der Waals surface area contributed by atoms with Gasteiger partial charge in [0.25, 0.3) is 5.91 Å². The highest BCUT2D eigenvalue weighted by atomic mass is 32.2. The zero-order valence-corrected chi connectivity index (χ0v) is 24.4. The lowest BCUT2D eigenvalue weighted by molar-refractivity contribution is -0.150. The predicted octanol–water partition coefficient (Wildman–Crippen LogP) is 3.76. The van der Waals surface area contributed by atoms with Crippen LogP contribution in [-0.2, 0) is 20.8 Å².